The number of hydrogen-bond donors (Lipinski definition) is 0. The summed E-state index contributed by atoms with van der Waals surface area (Å²) in [5.41, 5.74) is 0.892. The Labute approximate surface area is 82.4 Å². The molecule has 0 fully saturated rings. The molecule has 0 radical (unpaired) electrons. The van der Waals surface area contributed by atoms with E-state index >= 15 is 0 Å². The molecule has 0 spiro atoms. The Kier molecular flexibility index (Phi) is 4.02. The first-order valence-corrected chi connectivity index (χ1v) is 4.03. The minimum Gasteiger partial charge on any atom is -0.497 e. The van der Waals surface area contributed by atoms with E-state index in [0.29, 0.717) is 0 Å². The molecule has 4 heteroatoms. The van der Waals surface area contributed by atoms with Crippen molar-refractivity contribution in [2.45, 2.75) is 0 Å². The molecule has 0 aromatic heterocycles. The fraction of sp³-hybridized carbons (Fsp3) is 0.200. The molecular formula is C10H10N2O2. The molecule has 4 nitrogen and oxygen atoms in total. The van der Waals surface area contributed by atoms with Crippen molar-refractivity contribution in [3.05, 3.63) is 29.8 Å². The van der Waals surface area contributed by atoms with E-state index in [1.54, 1.807) is 7.11 Å². The second-order valence-electron chi connectivity index (χ2n) is 2.44. The molecule has 1 aromatic rings. The zero-order chi connectivity index (χ0) is 10.2. The summed E-state index contributed by atoms with van der Waals surface area (Å²) >= 11 is 0. The molecule has 0 aliphatic heterocycles. The van der Waals surface area contributed by atoms with Crippen LogP contribution >= 0.6 is 0 Å². The van der Waals surface area contributed by atoms with Gasteiger partial charge >= 0.3 is 0 Å². The van der Waals surface area contributed by atoms with Crippen LogP contribution in [0.5, 0.6) is 5.75 Å². The maximum atomic E-state index is 8.17. The van der Waals surface area contributed by atoms with Crippen molar-refractivity contribution in [2.75, 3.05) is 13.7 Å². The fourth-order valence-electron chi connectivity index (χ4n) is 0.854. The van der Waals surface area contributed by atoms with E-state index in [1.165, 1.54) is 6.21 Å². The average molecular weight is 190 g/mol. The van der Waals surface area contributed by atoms with Gasteiger partial charge in [0.05, 0.1) is 13.3 Å². The second kappa shape index (κ2) is 5.60. The van der Waals surface area contributed by atoms with Gasteiger partial charge in [0.2, 0.25) is 6.61 Å². The maximum Gasteiger partial charge on any atom is 0.202 e. The SMILES string of the molecule is COc1ccc(C=NOCC#N)cc1. The maximum absolute atomic E-state index is 8.17. The van der Waals surface area contributed by atoms with Crippen molar-refractivity contribution in [3.8, 4) is 11.8 Å². The van der Waals surface area contributed by atoms with Crippen molar-refractivity contribution in [1.29, 1.82) is 5.26 Å². The minimum absolute atomic E-state index is 0.0351. The lowest BCUT2D eigenvalue weighted by molar-refractivity contribution is 0.180. The summed E-state index contributed by atoms with van der Waals surface area (Å²) in [4.78, 5) is 4.62. The van der Waals surface area contributed by atoms with Crippen LogP contribution in [0.25, 0.3) is 0 Å². The third-order valence-corrected chi connectivity index (χ3v) is 1.52. The van der Waals surface area contributed by atoms with E-state index < -0.39 is 0 Å². The Morgan fingerprint density at radius 2 is 2.14 bits per heavy atom. The molecule has 1 aromatic carbocycles. The Morgan fingerprint density at radius 1 is 1.43 bits per heavy atom. The molecule has 0 aliphatic carbocycles. The van der Waals surface area contributed by atoms with E-state index in [2.05, 4.69) is 9.99 Å². The lowest BCUT2D eigenvalue weighted by Gasteiger charge is -1.98. The zero-order valence-electron chi connectivity index (χ0n) is 7.80. The third kappa shape index (κ3) is 3.15. The van der Waals surface area contributed by atoms with Gasteiger partial charge in [-0.3, -0.25) is 0 Å². The van der Waals surface area contributed by atoms with E-state index in [4.69, 9.17) is 10.00 Å². The summed E-state index contributed by atoms with van der Waals surface area (Å²) in [5, 5.41) is 11.8. The van der Waals surface area contributed by atoms with E-state index in [0.717, 1.165) is 11.3 Å². The van der Waals surface area contributed by atoms with E-state index in [1.807, 2.05) is 30.3 Å². The molecule has 0 aliphatic rings. The van der Waals surface area contributed by atoms with Crippen LogP contribution in [0.15, 0.2) is 29.4 Å². The number of methoxy groups -OCH3 is 1. The Morgan fingerprint density at radius 3 is 2.71 bits per heavy atom. The minimum atomic E-state index is -0.0351. The largest absolute Gasteiger partial charge is 0.497 e. The van der Waals surface area contributed by atoms with Crippen LogP contribution < -0.4 is 4.74 Å². The summed E-state index contributed by atoms with van der Waals surface area (Å²) < 4.78 is 4.99. The molecule has 0 N–H and O–H groups in total. The number of nitriles is 1. The molecule has 0 amide bonds. The summed E-state index contributed by atoms with van der Waals surface area (Å²) in [6.45, 7) is -0.0351. The summed E-state index contributed by atoms with van der Waals surface area (Å²) in [5.74, 6) is 0.792. The molecule has 0 bridgehead atoms. The van der Waals surface area contributed by atoms with Gasteiger partial charge in [-0.1, -0.05) is 5.16 Å². The van der Waals surface area contributed by atoms with Gasteiger partial charge in [0.15, 0.2) is 0 Å². The summed E-state index contributed by atoms with van der Waals surface area (Å²) in [6, 6.07) is 9.16. The molecule has 0 saturated heterocycles. The number of hydrogen-bond acceptors (Lipinski definition) is 4. The summed E-state index contributed by atoms with van der Waals surface area (Å²) in [7, 11) is 1.61. The van der Waals surface area contributed by atoms with Gasteiger partial charge in [-0.05, 0) is 29.8 Å². The monoisotopic (exact) mass is 190 g/mol. The van der Waals surface area contributed by atoms with Crippen LogP contribution in [0.3, 0.4) is 0 Å². The van der Waals surface area contributed by atoms with Crippen LogP contribution in [0.2, 0.25) is 0 Å². The van der Waals surface area contributed by atoms with Crippen LogP contribution in [0, 0.1) is 11.3 Å². The third-order valence-electron chi connectivity index (χ3n) is 1.52. The van der Waals surface area contributed by atoms with Crippen molar-refractivity contribution in [1.82, 2.24) is 0 Å². The Balaban J connectivity index is 2.52. The van der Waals surface area contributed by atoms with Crippen LogP contribution in [-0.4, -0.2) is 19.9 Å². The zero-order valence-corrected chi connectivity index (χ0v) is 7.80. The molecule has 72 valence electrons. The highest BCUT2D eigenvalue weighted by atomic mass is 16.6. The molecule has 0 heterocycles. The number of ether oxygens (including phenoxy) is 1. The van der Waals surface area contributed by atoms with Gasteiger partial charge in [-0.25, -0.2) is 0 Å². The van der Waals surface area contributed by atoms with Gasteiger partial charge in [0, 0.05) is 0 Å². The quantitative estimate of drug-likeness (QED) is 0.411. The molecule has 0 unspecified atom stereocenters. The van der Waals surface area contributed by atoms with Gasteiger partial charge < -0.3 is 9.57 Å². The van der Waals surface area contributed by atoms with Gasteiger partial charge in [-0.15, -0.1) is 0 Å². The normalized spacial score (nSPS) is 9.71. The fourth-order valence-corrected chi connectivity index (χ4v) is 0.854. The predicted octanol–water partition coefficient (Wildman–Crippen LogP) is 1.57. The first-order chi connectivity index (χ1) is 6.86. The molecule has 14 heavy (non-hydrogen) atoms. The number of oxime groups is 1. The predicted molar refractivity (Wildman–Crippen MR) is 52.2 cm³/mol. The smallest absolute Gasteiger partial charge is 0.202 e. The van der Waals surface area contributed by atoms with Gasteiger partial charge in [-0.2, -0.15) is 5.26 Å². The van der Waals surface area contributed by atoms with E-state index in [9.17, 15) is 0 Å². The van der Waals surface area contributed by atoms with E-state index in [-0.39, 0.29) is 6.61 Å². The topological polar surface area (TPSA) is 54.6 Å². The Hall–Kier alpha value is -2.02. The number of benzene rings is 1. The van der Waals surface area contributed by atoms with Crippen molar-refractivity contribution in [2.24, 2.45) is 5.16 Å². The van der Waals surface area contributed by atoms with Crippen LogP contribution in [0.4, 0.5) is 0 Å². The number of rotatable bonds is 4. The highest BCUT2D eigenvalue weighted by molar-refractivity contribution is 5.79. The average Bonchev–Trinajstić information content (AvgIpc) is 2.25. The molecule has 0 atom stereocenters. The number of nitrogens with zero attached hydrogens (tertiary/aromatic N) is 2. The summed E-state index contributed by atoms with van der Waals surface area (Å²) in [6.07, 6.45) is 1.54. The molecular weight excluding hydrogens is 180 g/mol. The standard InChI is InChI=1S/C10H10N2O2/c1-13-10-4-2-9(3-5-10)8-12-14-7-6-11/h2-5,8H,7H2,1H3. The second-order valence-corrected chi connectivity index (χ2v) is 2.44. The van der Waals surface area contributed by atoms with Crippen LogP contribution in [-0.2, 0) is 4.84 Å². The highest BCUT2D eigenvalue weighted by Gasteiger charge is 1.90. The first-order valence-electron chi connectivity index (χ1n) is 4.03. The molecule has 0 saturated carbocycles. The highest BCUT2D eigenvalue weighted by Crippen LogP contribution is 2.09. The van der Waals surface area contributed by atoms with Crippen molar-refractivity contribution in [3.63, 3.8) is 0 Å². The van der Waals surface area contributed by atoms with Crippen molar-refractivity contribution < 1.29 is 9.57 Å². The Bertz CT molecular complexity index is 338. The lowest BCUT2D eigenvalue weighted by Crippen LogP contribution is -1.86. The van der Waals surface area contributed by atoms with Crippen LogP contribution in [0.1, 0.15) is 5.56 Å². The van der Waals surface area contributed by atoms with Gasteiger partial charge in [0.1, 0.15) is 11.8 Å². The van der Waals surface area contributed by atoms with Gasteiger partial charge in [0.25, 0.3) is 0 Å². The first kappa shape index (κ1) is 10.1. The van der Waals surface area contributed by atoms with Crippen molar-refractivity contribution >= 4 is 6.21 Å². The lowest BCUT2D eigenvalue weighted by atomic mass is 10.2. The molecule has 1 rings (SSSR count).